The minimum Gasteiger partial charge on any atom is -0.497 e. The van der Waals surface area contributed by atoms with Crippen LogP contribution in [0.5, 0.6) is 11.5 Å². The third-order valence-corrected chi connectivity index (χ3v) is 5.86. The summed E-state index contributed by atoms with van der Waals surface area (Å²) in [6.45, 7) is 2.17. The second-order valence-corrected chi connectivity index (χ2v) is 7.81. The van der Waals surface area contributed by atoms with E-state index in [1.807, 2.05) is 30.3 Å². The number of methoxy groups -OCH3 is 2. The molecule has 0 heterocycles. The molecule has 0 saturated heterocycles. The smallest absolute Gasteiger partial charge is 0.330 e. The number of fused-ring (bicyclic) bond motifs is 1. The van der Waals surface area contributed by atoms with Gasteiger partial charge in [0, 0.05) is 6.08 Å². The number of ether oxygens (including phenoxy) is 3. The van der Waals surface area contributed by atoms with Gasteiger partial charge in [-0.2, -0.15) is 0 Å². The monoisotopic (exact) mass is 440 g/mol. The van der Waals surface area contributed by atoms with E-state index in [9.17, 15) is 4.79 Å². The number of allylic oxidation sites excluding steroid dienone is 1. The van der Waals surface area contributed by atoms with Crippen molar-refractivity contribution in [1.82, 2.24) is 0 Å². The first kappa shape index (κ1) is 22.4. The molecule has 0 spiro atoms. The Morgan fingerprint density at radius 1 is 0.848 bits per heavy atom. The molecule has 0 amide bonds. The first-order valence-electron chi connectivity index (χ1n) is 11.1. The van der Waals surface area contributed by atoms with Gasteiger partial charge >= 0.3 is 5.97 Å². The molecular formula is C29H28O4. The van der Waals surface area contributed by atoms with Crippen molar-refractivity contribution in [3.05, 3.63) is 101 Å². The third kappa shape index (κ3) is 5.01. The van der Waals surface area contributed by atoms with E-state index < -0.39 is 0 Å². The molecule has 0 radical (unpaired) electrons. The zero-order valence-electron chi connectivity index (χ0n) is 19.3. The van der Waals surface area contributed by atoms with E-state index in [-0.39, 0.29) is 5.97 Å². The van der Waals surface area contributed by atoms with Crippen LogP contribution in [0.4, 0.5) is 0 Å². The number of carbonyl (C=O) groups excluding carboxylic acids is 1. The molecule has 3 aromatic carbocycles. The number of hydrogen-bond donors (Lipinski definition) is 0. The fourth-order valence-corrected chi connectivity index (χ4v) is 4.22. The molecule has 4 rings (SSSR count). The SMILES string of the molecule is CCOC(=O)/C=C/c1ccc(C2=C(c3ccc(OC)cc3)CCc3cc(OC)ccc32)cc1. The summed E-state index contributed by atoms with van der Waals surface area (Å²) in [7, 11) is 3.38. The van der Waals surface area contributed by atoms with Gasteiger partial charge in [-0.15, -0.1) is 0 Å². The molecule has 0 saturated carbocycles. The Bertz CT molecular complexity index is 1190. The minimum absolute atomic E-state index is 0.332. The molecule has 0 aliphatic heterocycles. The highest BCUT2D eigenvalue weighted by atomic mass is 16.5. The summed E-state index contributed by atoms with van der Waals surface area (Å²) >= 11 is 0. The lowest BCUT2D eigenvalue weighted by molar-refractivity contribution is -0.137. The Hall–Kier alpha value is -3.79. The van der Waals surface area contributed by atoms with Crippen molar-refractivity contribution in [3.63, 3.8) is 0 Å². The van der Waals surface area contributed by atoms with E-state index in [1.54, 1.807) is 27.2 Å². The summed E-state index contributed by atoms with van der Waals surface area (Å²) in [4.78, 5) is 11.6. The Balaban J connectivity index is 1.77. The zero-order chi connectivity index (χ0) is 23.2. The lowest BCUT2D eigenvalue weighted by Gasteiger charge is -2.25. The van der Waals surface area contributed by atoms with Crippen molar-refractivity contribution in [1.29, 1.82) is 0 Å². The van der Waals surface area contributed by atoms with Gasteiger partial charge in [0.15, 0.2) is 0 Å². The number of aryl methyl sites for hydroxylation is 1. The quantitative estimate of drug-likeness (QED) is 0.325. The molecule has 1 aliphatic rings. The average Bonchev–Trinajstić information content (AvgIpc) is 2.87. The van der Waals surface area contributed by atoms with Gasteiger partial charge in [-0.3, -0.25) is 0 Å². The fourth-order valence-electron chi connectivity index (χ4n) is 4.22. The summed E-state index contributed by atoms with van der Waals surface area (Å²) in [5, 5.41) is 0. The van der Waals surface area contributed by atoms with E-state index in [4.69, 9.17) is 14.2 Å². The summed E-state index contributed by atoms with van der Waals surface area (Å²) in [6.07, 6.45) is 5.13. The number of carbonyl (C=O) groups is 1. The Morgan fingerprint density at radius 2 is 1.52 bits per heavy atom. The largest absolute Gasteiger partial charge is 0.497 e. The summed E-state index contributed by atoms with van der Waals surface area (Å²) in [5.74, 6) is 1.39. The topological polar surface area (TPSA) is 44.8 Å². The molecule has 0 aromatic heterocycles. The lowest BCUT2D eigenvalue weighted by Crippen LogP contribution is -2.06. The molecule has 33 heavy (non-hydrogen) atoms. The average molecular weight is 441 g/mol. The molecule has 3 aromatic rings. The van der Waals surface area contributed by atoms with Crippen molar-refractivity contribution in [2.75, 3.05) is 20.8 Å². The van der Waals surface area contributed by atoms with Crippen molar-refractivity contribution >= 4 is 23.2 Å². The molecule has 168 valence electrons. The number of esters is 1. The molecule has 4 nitrogen and oxygen atoms in total. The van der Waals surface area contributed by atoms with Gasteiger partial charge in [0.2, 0.25) is 0 Å². The van der Waals surface area contributed by atoms with Gasteiger partial charge in [0.25, 0.3) is 0 Å². The maximum absolute atomic E-state index is 11.6. The van der Waals surface area contributed by atoms with Crippen molar-refractivity contribution in [2.24, 2.45) is 0 Å². The highest BCUT2D eigenvalue weighted by Gasteiger charge is 2.22. The Morgan fingerprint density at radius 3 is 2.18 bits per heavy atom. The fraction of sp³-hybridized carbons (Fsp3) is 0.207. The maximum Gasteiger partial charge on any atom is 0.330 e. The third-order valence-electron chi connectivity index (χ3n) is 5.86. The molecule has 0 fully saturated rings. The number of benzene rings is 3. The maximum atomic E-state index is 11.6. The second-order valence-electron chi connectivity index (χ2n) is 7.81. The van der Waals surface area contributed by atoms with Crippen LogP contribution in [-0.2, 0) is 16.0 Å². The molecule has 4 heteroatoms. The number of rotatable bonds is 7. The standard InChI is InChI=1S/C29H28O4/c1-4-33-28(30)18-7-20-5-8-22(9-6-20)29-26(21-10-13-24(31-2)14-11-21)16-12-23-19-25(32-3)15-17-27(23)29/h5-11,13-15,17-19H,4,12,16H2,1-3H3/b18-7+. The molecule has 0 N–H and O–H groups in total. The van der Waals surface area contributed by atoms with Gasteiger partial charge in [-0.05, 0) is 89.1 Å². The van der Waals surface area contributed by atoms with Gasteiger partial charge in [-0.25, -0.2) is 4.79 Å². The predicted octanol–water partition coefficient (Wildman–Crippen LogP) is 6.19. The van der Waals surface area contributed by atoms with E-state index in [1.165, 1.54) is 33.9 Å². The van der Waals surface area contributed by atoms with Gasteiger partial charge in [0.05, 0.1) is 20.8 Å². The van der Waals surface area contributed by atoms with Gasteiger partial charge in [0.1, 0.15) is 11.5 Å². The van der Waals surface area contributed by atoms with Crippen LogP contribution < -0.4 is 9.47 Å². The van der Waals surface area contributed by atoms with Crippen LogP contribution in [0, 0.1) is 0 Å². The second kappa shape index (κ2) is 10.2. The summed E-state index contributed by atoms with van der Waals surface area (Å²) in [6, 6.07) is 22.9. The van der Waals surface area contributed by atoms with Crippen LogP contribution in [0.25, 0.3) is 17.2 Å². The summed E-state index contributed by atoms with van der Waals surface area (Å²) < 4.78 is 15.8. The molecule has 0 unspecified atom stereocenters. The van der Waals surface area contributed by atoms with Crippen LogP contribution in [0.2, 0.25) is 0 Å². The highest BCUT2D eigenvalue weighted by molar-refractivity contribution is 6.01. The van der Waals surface area contributed by atoms with E-state index >= 15 is 0 Å². The van der Waals surface area contributed by atoms with Gasteiger partial charge < -0.3 is 14.2 Å². The lowest BCUT2D eigenvalue weighted by atomic mass is 9.79. The van der Waals surface area contributed by atoms with E-state index in [0.29, 0.717) is 6.61 Å². The zero-order valence-corrected chi connectivity index (χ0v) is 19.3. The van der Waals surface area contributed by atoms with E-state index in [2.05, 4.69) is 36.4 Å². The summed E-state index contributed by atoms with van der Waals surface area (Å²) in [5.41, 5.74) is 8.33. The van der Waals surface area contributed by atoms with Gasteiger partial charge in [-0.1, -0.05) is 42.5 Å². The van der Waals surface area contributed by atoms with Crippen LogP contribution in [0.3, 0.4) is 0 Å². The first-order valence-corrected chi connectivity index (χ1v) is 11.1. The highest BCUT2D eigenvalue weighted by Crippen LogP contribution is 2.42. The van der Waals surface area contributed by atoms with Crippen molar-refractivity contribution < 1.29 is 19.0 Å². The Labute approximate surface area is 195 Å². The Kier molecular flexibility index (Phi) is 6.94. The normalized spacial score (nSPS) is 13.1. The van der Waals surface area contributed by atoms with Crippen LogP contribution in [0.1, 0.15) is 41.2 Å². The van der Waals surface area contributed by atoms with Crippen molar-refractivity contribution in [3.8, 4) is 11.5 Å². The van der Waals surface area contributed by atoms with Crippen molar-refractivity contribution in [2.45, 2.75) is 19.8 Å². The first-order chi connectivity index (χ1) is 16.1. The molecular weight excluding hydrogens is 412 g/mol. The predicted molar refractivity (Wildman–Crippen MR) is 132 cm³/mol. The molecule has 1 aliphatic carbocycles. The van der Waals surface area contributed by atoms with E-state index in [0.717, 1.165) is 35.5 Å². The van der Waals surface area contributed by atoms with Crippen LogP contribution in [-0.4, -0.2) is 26.8 Å². The van der Waals surface area contributed by atoms with Crippen LogP contribution in [0.15, 0.2) is 72.8 Å². The molecule has 0 atom stereocenters. The molecule has 0 bridgehead atoms. The number of hydrogen-bond acceptors (Lipinski definition) is 4. The van der Waals surface area contributed by atoms with Crippen LogP contribution >= 0.6 is 0 Å². The minimum atomic E-state index is -0.332.